The number of rotatable bonds is 2. The highest BCUT2D eigenvalue weighted by molar-refractivity contribution is 5.79. The molecule has 0 aliphatic heterocycles. The Hall–Kier alpha value is -0.770. The van der Waals surface area contributed by atoms with Crippen LogP contribution in [0, 0.1) is 5.41 Å². The van der Waals surface area contributed by atoms with Gasteiger partial charge in [0.15, 0.2) is 0 Å². The molecule has 4 N–H and O–H groups in total. The van der Waals surface area contributed by atoms with E-state index in [-0.39, 0.29) is 0 Å². The molecule has 0 heterocycles. The molecule has 2 aliphatic carbocycles. The van der Waals surface area contributed by atoms with Gasteiger partial charge in [0.2, 0.25) is 5.96 Å². The first-order chi connectivity index (χ1) is 8.59. The van der Waals surface area contributed by atoms with Gasteiger partial charge in [0.25, 0.3) is 0 Å². The minimum atomic E-state index is 0.461. The number of aliphatic imine (C=N–C) groups is 1. The molecule has 1 unspecified atom stereocenters. The van der Waals surface area contributed by atoms with Crippen LogP contribution < -0.4 is 16.6 Å². The smallest absolute Gasteiger partial charge is 0.206 e. The molecule has 2 fully saturated rings. The zero-order valence-electron chi connectivity index (χ0n) is 11.8. The van der Waals surface area contributed by atoms with Gasteiger partial charge in [-0.2, -0.15) is 0 Å². The Balaban J connectivity index is 1.86. The fourth-order valence-electron chi connectivity index (χ4n) is 3.26. The molecule has 2 rings (SSSR count). The van der Waals surface area contributed by atoms with Crippen molar-refractivity contribution in [3.05, 3.63) is 0 Å². The van der Waals surface area contributed by atoms with E-state index in [1.807, 2.05) is 0 Å². The zero-order valence-corrected chi connectivity index (χ0v) is 11.8. The van der Waals surface area contributed by atoms with Gasteiger partial charge < -0.3 is 5.32 Å². The highest BCUT2D eigenvalue weighted by Gasteiger charge is 2.31. The second-order valence-electron chi connectivity index (χ2n) is 6.66. The highest BCUT2D eigenvalue weighted by atomic mass is 15.3. The predicted molar refractivity (Wildman–Crippen MR) is 76.2 cm³/mol. The first-order valence-corrected chi connectivity index (χ1v) is 7.40. The van der Waals surface area contributed by atoms with Crippen molar-refractivity contribution in [3.63, 3.8) is 0 Å². The van der Waals surface area contributed by atoms with Crippen LogP contribution in [0.2, 0.25) is 0 Å². The Kier molecular flexibility index (Phi) is 4.49. The lowest BCUT2D eigenvalue weighted by molar-refractivity contribution is 0.371. The lowest BCUT2D eigenvalue weighted by Crippen LogP contribution is -2.46. The largest absolute Gasteiger partial charge is 0.353 e. The Morgan fingerprint density at radius 1 is 1.17 bits per heavy atom. The summed E-state index contributed by atoms with van der Waals surface area (Å²) in [7, 11) is 0. The lowest BCUT2D eigenvalue weighted by Gasteiger charge is -2.22. The molecule has 0 amide bonds. The van der Waals surface area contributed by atoms with Crippen LogP contribution in [0.4, 0.5) is 0 Å². The summed E-state index contributed by atoms with van der Waals surface area (Å²) in [6.45, 7) is 4.67. The third-order valence-corrected chi connectivity index (χ3v) is 4.33. The minimum absolute atomic E-state index is 0.461. The van der Waals surface area contributed by atoms with Crippen molar-refractivity contribution in [2.24, 2.45) is 16.3 Å². The van der Waals surface area contributed by atoms with Gasteiger partial charge in [0.1, 0.15) is 0 Å². The molecule has 104 valence electrons. The van der Waals surface area contributed by atoms with Crippen molar-refractivity contribution in [3.8, 4) is 0 Å². The topological polar surface area (TPSA) is 62.4 Å². The predicted octanol–water partition coefficient (Wildman–Crippen LogP) is 2.31. The summed E-state index contributed by atoms with van der Waals surface area (Å²) in [5.74, 6) is 6.39. The van der Waals surface area contributed by atoms with E-state index in [0.717, 1.165) is 5.96 Å². The van der Waals surface area contributed by atoms with Crippen molar-refractivity contribution in [1.29, 1.82) is 0 Å². The minimum Gasteiger partial charge on any atom is -0.353 e. The van der Waals surface area contributed by atoms with Crippen LogP contribution >= 0.6 is 0 Å². The quantitative estimate of drug-likeness (QED) is 0.306. The molecule has 18 heavy (non-hydrogen) atoms. The molecule has 1 atom stereocenters. The summed E-state index contributed by atoms with van der Waals surface area (Å²) >= 11 is 0. The van der Waals surface area contributed by atoms with Crippen LogP contribution in [0.25, 0.3) is 0 Å². The third kappa shape index (κ3) is 3.87. The monoisotopic (exact) mass is 252 g/mol. The molecular weight excluding hydrogens is 224 g/mol. The van der Waals surface area contributed by atoms with E-state index in [4.69, 9.17) is 10.8 Å². The molecular formula is C14H28N4. The van der Waals surface area contributed by atoms with Crippen LogP contribution in [0.3, 0.4) is 0 Å². The molecule has 0 bridgehead atoms. The van der Waals surface area contributed by atoms with Gasteiger partial charge in [-0.05, 0) is 37.5 Å². The van der Waals surface area contributed by atoms with Crippen molar-refractivity contribution in [1.82, 2.24) is 10.7 Å². The number of hydrazine groups is 1. The Labute approximate surface area is 111 Å². The molecule has 2 saturated carbocycles. The van der Waals surface area contributed by atoms with Crippen molar-refractivity contribution in [2.75, 3.05) is 0 Å². The molecule has 2 aliphatic rings. The number of hydrogen-bond acceptors (Lipinski definition) is 2. The van der Waals surface area contributed by atoms with Gasteiger partial charge in [-0.1, -0.05) is 33.1 Å². The maximum Gasteiger partial charge on any atom is 0.206 e. The van der Waals surface area contributed by atoms with Gasteiger partial charge in [0.05, 0.1) is 6.04 Å². The van der Waals surface area contributed by atoms with Crippen molar-refractivity contribution in [2.45, 2.75) is 77.3 Å². The Morgan fingerprint density at radius 3 is 2.44 bits per heavy atom. The van der Waals surface area contributed by atoms with Crippen LogP contribution in [0.1, 0.15) is 65.2 Å². The molecule has 4 heteroatoms. The molecule has 4 nitrogen and oxygen atoms in total. The first kappa shape index (κ1) is 13.7. The molecule has 0 radical (unpaired) electrons. The molecule has 0 spiro atoms. The van der Waals surface area contributed by atoms with Gasteiger partial charge in [0, 0.05) is 6.04 Å². The average Bonchev–Trinajstić information content (AvgIpc) is 2.69. The van der Waals surface area contributed by atoms with Crippen LogP contribution in [0.5, 0.6) is 0 Å². The van der Waals surface area contributed by atoms with E-state index >= 15 is 0 Å². The highest BCUT2D eigenvalue weighted by Crippen LogP contribution is 2.36. The van der Waals surface area contributed by atoms with Crippen LogP contribution in [-0.2, 0) is 0 Å². The van der Waals surface area contributed by atoms with E-state index in [1.54, 1.807) is 0 Å². The molecule has 0 saturated heterocycles. The standard InChI is InChI=1S/C14H28N4/c1-14(2)9-8-12(10-14)17-13(18-15)16-11-6-4-3-5-7-11/h11-12H,3-10,15H2,1-2H3,(H2,16,17,18). The number of nitrogens with one attached hydrogen (secondary N) is 2. The SMILES string of the molecule is CC1(C)CCC(NC(=NC2CCCCC2)NN)C1. The van der Waals surface area contributed by atoms with Gasteiger partial charge in [-0.15, -0.1) is 0 Å². The molecule has 0 aromatic carbocycles. The molecule has 0 aromatic heterocycles. The van der Waals surface area contributed by atoms with Crippen molar-refractivity contribution >= 4 is 5.96 Å². The maximum atomic E-state index is 5.59. The van der Waals surface area contributed by atoms with E-state index < -0.39 is 0 Å². The third-order valence-electron chi connectivity index (χ3n) is 4.33. The van der Waals surface area contributed by atoms with Crippen molar-refractivity contribution < 1.29 is 0 Å². The summed E-state index contributed by atoms with van der Waals surface area (Å²) in [6.07, 6.45) is 10.1. The summed E-state index contributed by atoms with van der Waals surface area (Å²) in [5, 5.41) is 3.48. The van der Waals surface area contributed by atoms with E-state index in [1.165, 1.54) is 51.4 Å². The fourth-order valence-corrected chi connectivity index (χ4v) is 3.26. The maximum absolute atomic E-state index is 5.59. The lowest BCUT2D eigenvalue weighted by atomic mass is 9.92. The first-order valence-electron chi connectivity index (χ1n) is 7.40. The second kappa shape index (κ2) is 5.91. The molecule has 0 aromatic rings. The normalized spacial score (nSPS) is 29.3. The number of hydrogen-bond donors (Lipinski definition) is 3. The number of guanidine groups is 1. The van der Waals surface area contributed by atoms with E-state index in [9.17, 15) is 0 Å². The summed E-state index contributed by atoms with van der Waals surface area (Å²) in [6, 6.07) is 0.991. The van der Waals surface area contributed by atoms with Gasteiger partial charge in [-0.25, -0.2) is 10.8 Å². The Morgan fingerprint density at radius 2 is 1.89 bits per heavy atom. The van der Waals surface area contributed by atoms with E-state index in [0.29, 0.717) is 17.5 Å². The summed E-state index contributed by atoms with van der Waals surface area (Å²) in [4.78, 5) is 4.73. The van der Waals surface area contributed by atoms with Gasteiger partial charge >= 0.3 is 0 Å². The zero-order chi connectivity index (χ0) is 13.0. The van der Waals surface area contributed by atoms with Gasteiger partial charge in [-0.3, -0.25) is 5.43 Å². The second-order valence-corrected chi connectivity index (χ2v) is 6.66. The summed E-state index contributed by atoms with van der Waals surface area (Å²) < 4.78 is 0. The number of nitrogens with two attached hydrogens (primary N) is 1. The Bertz CT molecular complexity index is 292. The fraction of sp³-hybridized carbons (Fsp3) is 0.929. The average molecular weight is 252 g/mol. The summed E-state index contributed by atoms with van der Waals surface area (Å²) in [5.41, 5.74) is 3.20. The van der Waals surface area contributed by atoms with Crippen LogP contribution in [0.15, 0.2) is 4.99 Å². The van der Waals surface area contributed by atoms with E-state index in [2.05, 4.69) is 24.6 Å². The van der Waals surface area contributed by atoms with Crippen LogP contribution in [-0.4, -0.2) is 18.0 Å². The number of nitrogens with zero attached hydrogens (tertiary/aromatic N) is 1.